The van der Waals surface area contributed by atoms with E-state index >= 15 is 0 Å². The van der Waals surface area contributed by atoms with E-state index < -0.39 is 0 Å². The summed E-state index contributed by atoms with van der Waals surface area (Å²) in [6, 6.07) is 7.89. The summed E-state index contributed by atoms with van der Waals surface area (Å²) in [6.07, 6.45) is 1.58. The smallest absolute Gasteiger partial charge is 0.227 e. The Morgan fingerprint density at radius 1 is 1.36 bits per heavy atom. The summed E-state index contributed by atoms with van der Waals surface area (Å²) < 4.78 is 0. The van der Waals surface area contributed by atoms with Gasteiger partial charge in [-0.15, -0.1) is 0 Å². The van der Waals surface area contributed by atoms with E-state index in [2.05, 4.69) is 10.6 Å². The van der Waals surface area contributed by atoms with Crippen molar-refractivity contribution in [3.05, 3.63) is 29.8 Å². The van der Waals surface area contributed by atoms with Crippen LogP contribution in [0, 0.1) is 11.8 Å². The van der Waals surface area contributed by atoms with Crippen molar-refractivity contribution in [2.45, 2.75) is 26.3 Å². The van der Waals surface area contributed by atoms with Gasteiger partial charge in [-0.2, -0.15) is 0 Å². The number of nitrogens with one attached hydrogen (secondary N) is 2. The SMILES string of the molecule is CC(C(=O)NCc1ccc(N2CCCC2=O)cc1)C1CNC1. The standard InChI is InChI=1S/C17H23N3O2/c1-12(14-10-18-11-14)17(22)19-9-13-4-6-15(7-5-13)20-8-2-3-16(20)21/h4-7,12,14,18H,2-3,8-11H2,1H3,(H,19,22). The Morgan fingerprint density at radius 3 is 2.64 bits per heavy atom. The van der Waals surface area contributed by atoms with Gasteiger partial charge in [0.05, 0.1) is 0 Å². The number of hydrogen-bond donors (Lipinski definition) is 2. The molecule has 1 aromatic rings. The Bertz CT molecular complexity index is 552. The highest BCUT2D eigenvalue weighted by atomic mass is 16.2. The maximum atomic E-state index is 12.1. The second-order valence-electron chi connectivity index (χ2n) is 6.24. The van der Waals surface area contributed by atoms with E-state index in [9.17, 15) is 9.59 Å². The summed E-state index contributed by atoms with van der Waals surface area (Å²) in [7, 11) is 0. The van der Waals surface area contributed by atoms with Crippen molar-refractivity contribution < 1.29 is 9.59 Å². The molecule has 3 rings (SSSR count). The number of amides is 2. The van der Waals surface area contributed by atoms with Gasteiger partial charge >= 0.3 is 0 Å². The van der Waals surface area contributed by atoms with Crippen molar-refractivity contribution in [1.82, 2.24) is 10.6 Å². The van der Waals surface area contributed by atoms with Gasteiger partial charge in [0.1, 0.15) is 0 Å². The third-order valence-corrected chi connectivity index (χ3v) is 4.72. The number of carbonyl (C=O) groups is 2. The second kappa shape index (κ2) is 6.48. The number of benzene rings is 1. The van der Waals surface area contributed by atoms with Crippen molar-refractivity contribution in [3.63, 3.8) is 0 Å². The summed E-state index contributed by atoms with van der Waals surface area (Å²) >= 11 is 0. The molecule has 0 spiro atoms. The molecule has 2 N–H and O–H groups in total. The molecule has 0 radical (unpaired) electrons. The van der Waals surface area contributed by atoms with E-state index in [1.54, 1.807) is 0 Å². The van der Waals surface area contributed by atoms with Crippen molar-refractivity contribution in [2.24, 2.45) is 11.8 Å². The number of carbonyl (C=O) groups excluding carboxylic acids is 2. The number of nitrogens with zero attached hydrogens (tertiary/aromatic N) is 1. The molecule has 0 aromatic heterocycles. The minimum absolute atomic E-state index is 0.0581. The molecule has 1 aromatic carbocycles. The maximum absolute atomic E-state index is 12.1. The monoisotopic (exact) mass is 301 g/mol. The molecule has 2 amide bonds. The highest BCUT2D eigenvalue weighted by Crippen LogP contribution is 2.21. The fourth-order valence-electron chi connectivity index (χ4n) is 2.94. The average Bonchev–Trinajstić information content (AvgIpc) is 2.89. The molecule has 1 unspecified atom stereocenters. The molecule has 1 atom stereocenters. The van der Waals surface area contributed by atoms with E-state index in [4.69, 9.17) is 0 Å². The second-order valence-corrected chi connectivity index (χ2v) is 6.24. The van der Waals surface area contributed by atoms with Gasteiger partial charge in [-0.05, 0) is 43.1 Å². The van der Waals surface area contributed by atoms with Gasteiger partial charge in [-0.25, -0.2) is 0 Å². The zero-order valence-electron chi connectivity index (χ0n) is 13.0. The minimum Gasteiger partial charge on any atom is -0.352 e. The maximum Gasteiger partial charge on any atom is 0.227 e. The molecule has 5 nitrogen and oxygen atoms in total. The molecular weight excluding hydrogens is 278 g/mol. The number of anilines is 1. The van der Waals surface area contributed by atoms with Crippen LogP contribution in [0.3, 0.4) is 0 Å². The molecule has 0 bridgehead atoms. The third-order valence-electron chi connectivity index (χ3n) is 4.72. The number of hydrogen-bond acceptors (Lipinski definition) is 3. The van der Waals surface area contributed by atoms with Crippen LogP contribution in [0.25, 0.3) is 0 Å². The lowest BCUT2D eigenvalue weighted by Gasteiger charge is -2.31. The Balaban J connectivity index is 1.52. The number of rotatable bonds is 5. The van der Waals surface area contributed by atoms with Gasteiger partial charge < -0.3 is 15.5 Å². The van der Waals surface area contributed by atoms with E-state index in [1.807, 2.05) is 36.1 Å². The Kier molecular flexibility index (Phi) is 4.43. The highest BCUT2D eigenvalue weighted by molar-refractivity contribution is 5.95. The first-order valence-corrected chi connectivity index (χ1v) is 8.03. The van der Waals surface area contributed by atoms with Crippen molar-refractivity contribution >= 4 is 17.5 Å². The lowest BCUT2D eigenvalue weighted by molar-refractivity contribution is -0.126. The van der Waals surface area contributed by atoms with Crippen molar-refractivity contribution in [1.29, 1.82) is 0 Å². The molecule has 2 aliphatic rings. The highest BCUT2D eigenvalue weighted by Gasteiger charge is 2.28. The summed E-state index contributed by atoms with van der Waals surface area (Å²) in [4.78, 5) is 25.6. The van der Waals surface area contributed by atoms with E-state index in [0.29, 0.717) is 18.9 Å². The fourth-order valence-corrected chi connectivity index (χ4v) is 2.94. The van der Waals surface area contributed by atoms with Gasteiger partial charge in [-0.3, -0.25) is 9.59 Å². The zero-order chi connectivity index (χ0) is 15.5. The van der Waals surface area contributed by atoms with E-state index in [0.717, 1.165) is 37.3 Å². The average molecular weight is 301 g/mol. The zero-order valence-corrected chi connectivity index (χ0v) is 13.0. The topological polar surface area (TPSA) is 61.4 Å². The van der Waals surface area contributed by atoms with Crippen LogP contribution in [-0.4, -0.2) is 31.4 Å². The Morgan fingerprint density at radius 2 is 2.09 bits per heavy atom. The molecule has 0 aliphatic carbocycles. The predicted octanol–water partition coefficient (Wildman–Crippen LogP) is 1.29. The van der Waals surface area contributed by atoms with Gasteiger partial charge in [0.25, 0.3) is 0 Å². The Hall–Kier alpha value is -1.88. The molecule has 22 heavy (non-hydrogen) atoms. The summed E-state index contributed by atoms with van der Waals surface area (Å²) in [5.41, 5.74) is 2.01. The van der Waals surface area contributed by atoms with Gasteiger partial charge in [0.15, 0.2) is 0 Å². The van der Waals surface area contributed by atoms with Crippen LogP contribution in [0.4, 0.5) is 5.69 Å². The molecule has 118 valence electrons. The normalized spacial score (nSPS) is 19.9. The Labute approximate surface area is 131 Å². The first-order valence-electron chi connectivity index (χ1n) is 8.03. The lowest BCUT2D eigenvalue weighted by atomic mass is 9.88. The minimum atomic E-state index is 0.0581. The van der Waals surface area contributed by atoms with Crippen LogP contribution in [0.15, 0.2) is 24.3 Å². The van der Waals surface area contributed by atoms with Crippen LogP contribution >= 0.6 is 0 Å². The summed E-state index contributed by atoms with van der Waals surface area (Å²) in [5, 5.41) is 6.19. The first kappa shape index (κ1) is 15.0. The van der Waals surface area contributed by atoms with Gasteiger partial charge in [0, 0.05) is 31.1 Å². The van der Waals surface area contributed by atoms with E-state index in [-0.39, 0.29) is 17.7 Å². The molecule has 2 saturated heterocycles. The predicted molar refractivity (Wildman–Crippen MR) is 85.4 cm³/mol. The van der Waals surface area contributed by atoms with Crippen molar-refractivity contribution in [2.75, 3.05) is 24.5 Å². The van der Waals surface area contributed by atoms with Gasteiger partial charge in [-0.1, -0.05) is 19.1 Å². The third kappa shape index (κ3) is 3.14. The van der Waals surface area contributed by atoms with Crippen LogP contribution in [0.5, 0.6) is 0 Å². The van der Waals surface area contributed by atoms with Crippen LogP contribution in [-0.2, 0) is 16.1 Å². The fraction of sp³-hybridized carbons (Fsp3) is 0.529. The largest absolute Gasteiger partial charge is 0.352 e. The summed E-state index contributed by atoms with van der Waals surface area (Å²) in [6.45, 7) is 5.21. The molecule has 2 fully saturated rings. The van der Waals surface area contributed by atoms with Crippen molar-refractivity contribution in [3.8, 4) is 0 Å². The summed E-state index contributed by atoms with van der Waals surface area (Å²) in [5.74, 6) is 0.834. The van der Waals surface area contributed by atoms with E-state index in [1.165, 1.54) is 0 Å². The quantitative estimate of drug-likeness (QED) is 0.861. The molecule has 0 saturated carbocycles. The first-order chi connectivity index (χ1) is 10.6. The molecule has 2 heterocycles. The molecule has 2 aliphatic heterocycles. The molecule has 5 heteroatoms. The van der Waals surface area contributed by atoms with Gasteiger partial charge in [0.2, 0.25) is 11.8 Å². The molecular formula is C17H23N3O2. The lowest BCUT2D eigenvalue weighted by Crippen LogP contribution is -2.49. The van der Waals surface area contributed by atoms with Crippen LogP contribution in [0.2, 0.25) is 0 Å². The van der Waals surface area contributed by atoms with Crippen LogP contribution in [0.1, 0.15) is 25.3 Å². The van der Waals surface area contributed by atoms with Crippen LogP contribution < -0.4 is 15.5 Å².